The number of aliphatic hydroxyl groups excluding tert-OH is 1. The molecule has 0 saturated heterocycles. The minimum absolute atomic E-state index is 0.0810. The lowest BCUT2D eigenvalue weighted by molar-refractivity contribution is 0.249. The minimum atomic E-state index is -0.254. The van der Waals surface area contributed by atoms with Gasteiger partial charge in [0, 0.05) is 23.3 Å². The molecule has 5 heteroatoms. The number of hydrogen-bond donors (Lipinski definition) is 3. The standard InChI is InChI=1S/C11H15BrN2O2/c1-8-7-9(3-4-10(8)12)14-11(16)13-5-2-6-15/h3-4,7,15H,2,5-6H2,1H3,(H2,13,14,16). The average molecular weight is 287 g/mol. The molecule has 0 aromatic heterocycles. The predicted octanol–water partition coefficient (Wildman–Crippen LogP) is 2.26. The summed E-state index contributed by atoms with van der Waals surface area (Å²) in [5.41, 5.74) is 1.82. The molecule has 0 saturated carbocycles. The van der Waals surface area contributed by atoms with Gasteiger partial charge in [-0.1, -0.05) is 15.9 Å². The number of urea groups is 1. The van der Waals surface area contributed by atoms with E-state index in [0.29, 0.717) is 13.0 Å². The summed E-state index contributed by atoms with van der Waals surface area (Å²) < 4.78 is 1.01. The maximum absolute atomic E-state index is 11.4. The molecule has 0 heterocycles. The summed E-state index contributed by atoms with van der Waals surface area (Å²) in [6.45, 7) is 2.51. The van der Waals surface area contributed by atoms with Crippen LogP contribution in [0.5, 0.6) is 0 Å². The average Bonchev–Trinajstić information content (AvgIpc) is 2.24. The zero-order valence-corrected chi connectivity index (χ0v) is 10.7. The molecular weight excluding hydrogens is 272 g/mol. The molecule has 3 N–H and O–H groups in total. The minimum Gasteiger partial charge on any atom is -0.396 e. The maximum Gasteiger partial charge on any atom is 0.319 e. The lowest BCUT2D eigenvalue weighted by atomic mass is 10.2. The van der Waals surface area contributed by atoms with Crippen LogP contribution in [-0.2, 0) is 0 Å². The number of rotatable bonds is 4. The number of aryl methyl sites for hydroxylation is 1. The Morgan fingerprint density at radius 3 is 2.88 bits per heavy atom. The van der Waals surface area contributed by atoms with Gasteiger partial charge in [-0.15, -0.1) is 0 Å². The third-order valence-electron chi connectivity index (χ3n) is 2.04. The van der Waals surface area contributed by atoms with Crippen LogP contribution in [0.1, 0.15) is 12.0 Å². The molecule has 4 nitrogen and oxygen atoms in total. The highest BCUT2D eigenvalue weighted by Gasteiger charge is 2.02. The quantitative estimate of drug-likeness (QED) is 0.744. The zero-order valence-electron chi connectivity index (χ0n) is 9.09. The lowest BCUT2D eigenvalue weighted by Crippen LogP contribution is -2.29. The van der Waals surface area contributed by atoms with Crippen LogP contribution < -0.4 is 10.6 Å². The number of nitrogens with one attached hydrogen (secondary N) is 2. The molecule has 0 spiro atoms. The van der Waals surface area contributed by atoms with E-state index < -0.39 is 0 Å². The van der Waals surface area contributed by atoms with Gasteiger partial charge < -0.3 is 15.7 Å². The van der Waals surface area contributed by atoms with Crippen molar-refractivity contribution in [3.8, 4) is 0 Å². The van der Waals surface area contributed by atoms with Gasteiger partial charge >= 0.3 is 6.03 Å². The maximum atomic E-state index is 11.4. The van der Waals surface area contributed by atoms with Gasteiger partial charge in [0.2, 0.25) is 0 Å². The van der Waals surface area contributed by atoms with E-state index in [0.717, 1.165) is 15.7 Å². The molecule has 88 valence electrons. The number of benzene rings is 1. The van der Waals surface area contributed by atoms with Gasteiger partial charge in [0.1, 0.15) is 0 Å². The second-order valence-corrected chi connectivity index (χ2v) is 4.28. The van der Waals surface area contributed by atoms with E-state index in [4.69, 9.17) is 5.11 Å². The topological polar surface area (TPSA) is 61.4 Å². The largest absolute Gasteiger partial charge is 0.396 e. The van der Waals surface area contributed by atoms with Crippen molar-refractivity contribution in [1.82, 2.24) is 5.32 Å². The van der Waals surface area contributed by atoms with Crippen molar-refractivity contribution >= 4 is 27.6 Å². The smallest absolute Gasteiger partial charge is 0.319 e. The van der Waals surface area contributed by atoms with Crippen molar-refractivity contribution in [2.24, 2.45) is 0 Å². The molecule has 0 unspecified atom stereocenters. The zero-order chi connectivity index (χ0) is 12.0. The summed E-state index contributed by atoms with van der Waals surface area (Å²) in [6.07, 6.45) is 0.562. The lowest BCUT2D eigenvalue weighted by Gasteiger charge is -2.08. The van der Waals surface area contributed by atoms with Crippen molar-refractivity contribution in [2.75, 3.05) is 18.5 Å². The number of hydrogen-bond acceptors (Lipinski definition) is 2. The summed E-state index contributed by atoms with van der Waals surface area (Å²) >= 11 is 3.39. The Hall–Kier alpha value is -1.07. The van der Waals surface area contributed by atoms with Crippen molar-refractivity contribution in [3.05, 3.63) is 28.2 Å². The van der Waals surface area contributed by atoms with Crippen LogP contribution in [-0.4, -0.2) is 24.3 Å². The first-order chi connectivity index (χ1) is 7.63. The number of anilines is 1. The fourth-order valence-corrected chi connectivity index (χ4v) is 1.43. The summed E-state index contributed by atoms with van der Waals surface area (Å²) in [4.78, 5) is 11.4. The first-order valence-electron chi connectivity index (χ1n) is 5.05. The fourth-order valence-electron chi connectivity index (χ4n) is 1.18. The Morgan fingerprint density at radius 2 is 2.25 bits per heavy atom. The summed E-state index contributed by atoms with van der Waals surface area (Å²) in [5.74, 6) is 0. The highest BCUT2D eigenvalue weighted by atomic mass is 79.9. The van der Waals surface area contributed by atoms with Crippen molar-refractivity contribution in [3.63, 3.8) is 0 Å². The van der Waals surface area contributed by atoms with Gasteiger partial charge in [-0.05, 0) is 37.1 Å². The third kappa shape index (κ3) is 4.20. The Bertz CT molecular complexity index is 369. The van der Waals surface area contributed by atoms with Gasteiger partial charge in [0.25, 0.3) is 0 Å². The first kappa shape index (κ1) is 13.0. The molecule has 0 radical (unpaired) electrons. The number of carbonyl (C=O) groups is 1. The highest BCUT2D eigenvalue weighted by molar-refractivity contribution is 9.10. The summed E-state index contributed by atoms with van der Waals surface area (Å²) in [7, 11) is 0. The van der Waals surface area contributed by atoms with Gasteiger partial charge in [0.05, 0.1) is 0 Å². The molecule has 2 amide bonds. The Kier molecular flexibility index (Phi) is 5.28. The third-order valence-corrected chi connectivity index (χ3v) is 2.93. The molecule has 0 aliphatic rings. The summed E-state index contributed by atoms with van der Waals surface area (Å²) in [6, 6.07) is 5.34. The van der Waals surface area contributed by atoms with Crippen LogP contribution in [0.4, 0.5) is 10.5 Å². The van der Waals surface area contributed by atoms with Crippen molar-refractivity contribution < 1.29 is 9.90 Å². The van der Waals surface area contributed by atoms with Crippen LogP contribution in [0, 0.1) is 6.92 Å². The molecule has 1 aromatic carbocycles. The van der Waals surface area contributed by atoms with E-state index in [9.17, 15) is 4.79 Å². The second kappa shape index (κ2) is 6.50. The number of carbonyl (C=O) groups excluding carboxylic acids is 1. The molecule has 0 fully saturated rings. The Labute approximate surface area is 103 Å². The highest BCUT2D eigenvalue weighted by Crippen LogP contribution is 2.19. The Morgan fingerprint density at radius 1 is 1.50 bits per heavy atom. The number of aliphatic hydroxyl groups is 1. The number of halogens is 1. The molecule has 0 aliphatic heterocycles. The van der Waals surface area contributed by atoms with Crippen LogP contribution in [0.3, 0.4) is 0 Å². The van der Waals surface area contributed by atoms with Gasteiger partial charge in [-0.2, -0.15) is 0 Å². The van der Waals surface area contributed by atoms with Crippen LogP contribution in [0.25, 0.3) is 0 Å². The van der Waals surface area contributed by atoms with E-state index in [1.165, 1.54) is 0 Å². The molecular formula is C11H15BrN2O2. The van der Waals surface area contributed by atoms with Crippen LogP contribution in [0.2, 0.25) is 0 Å². The first-order valence-corrected chi connectivity index (χ1v) is 5.84. The molecule has 0 aliphatic carbocycles. The van der Waals surface area contributed by atoms with E-state index in [-0.39, 0.29) is 12.6 Å². The second-order valence-electron chi connectivity index (χ2n) is 3.42. The monoisotopic (exact) mass is 286 g/mol. The molecule has 0 atom stereocenters. The molecule has 1 aromatic rings. The van der Waals surface area contributed by atoms with Gasteiger partial charge in [-0.3, -0.25) is 0 Å². The van der Waals surface area contributed by atoms with E-state index in [1.807, 2.05) is 25.1 Å². The van der Waals surface area contributed by atoms with Crippen LogP contribution >= 0.6 is 15.9 Å². The molecule has 16 heavy (non-hydrogen) atoms. The summed E-state index contributed by atoms with van der Waals surface area (Å²) in [5, 5.41) is 13.9. The van der Waals surface area contributed by atoms with E-state index in [2.05, 4.69) is 26.6 Å². The normalized spacial score (nSPS) is 9.94. The van der Waals surface area contributed by atoms with E-state index in [1.54, 1.807) is 0 Å². The number of amides is 2. The van der Waals surface area contributed by atoms with Gasteiger partial charge in [-0.25, -0.2) is 4.79 Å². The van der Waals surface area contributed by atoms with E-state index >= 15 is 0 Å². The van der Waals surface area contributed by atoms with Crippen LogP contribution in [0.15, 0.2) is 22.7 Å². The molecule has 1 rings (SSSR count). The fraction of sp³-hybridized carbons (Fsp3) is 0.364. The SMILES string of the molecule is Cc1cc(NC(=O)NCCCO)ccc1Br. The predicted molar refractivity (Wildman–Crippen MR) is 67.6 cm³/mol. The van der Waals surface area contributed by atoms with Crippen molar-refractivity contribution in [2.45, 2.75) is 13.3 Å². The molecule has 0 bridgehead atoms. The Balaban J connectivity index is 2.46. The van der Waals surface area contributed by atoms with Crippen molar-refractivity contribution in [1.29, 1.82) is 0 Å². The van der Waals surface area contributed by atoms with Gasteiger partial charge in [0.15, 0.2) is 0 Å².